The van der Waals surface area contributed by atoms with Gasteiger partial charge in [0.15, 0.2) is 5.78 Å². The van der Waals surface area contributed by atoms with E-state index in [1.54, 1.807) is 54.6 Å². The van der Waals surface area contributed by atoms with Gasteiger partial charge in [0.05, 0.1) is 11.3 Å². The zero-order valence-electron chi connectivity index (χ0n) is 19.3. The smallest absolute Gasteiger partial charge is 0.272 e. The highest BCUT2D eigenvalue weighted by Gasteiger charge is 2.16. The molecule has 0 fully saturated rings. The second-order valence-corrected chi connectivity index (χ2v) is 8.17. The van der Waals surface area contributed by atoms with E-state index in [-0.39, 0.29) is 22.1 Å². The highest BCUT2D eigenvalue weighted by Crippen LogP contribution is 2.21. The van der Waals surface area contributed by atoms with Crippen LogP contribution in [0.25, 0.3) is 12.2 Å². The number of ketones is 1. The van der Waals surface area contributed by atoms with Crippen molar-refractivity contribution in [1.82, 2.24) is 5.32 Å². The number of hydrogen-bond donors (Lipinski definition) is 2. The Balaban J connectivity index is 1.47. The highest BCUT2D eigenvalue weighted by atomic mass is 35.5. The molecule has 0 radical (unpaired) electrons. The van der Waals surface area contributed by atoms with Gasteiger partial charge in [-0.3, -0.25) is 14.4 Å². The first kappa shape index (κ1) is 25.3. The number of amides is 2. The maximum atomic E-state index is 13.9. The minimum Gasteiger partial charge on any atom is -0.465 e. The summed E-state index contributed by atoms with van der Waals surface area (Å²) in [6.45, 7) is 0. The molecule has 1 heterocycles. The SMILES string of the molecule is O=C(Nc1ccc(C(=O)/C=C/c2c(F)cccc2Cl)cc1)/C(=C/c1ccco1)NC(=O)c1ccccc1. The van der Waals surface area contributed by atoms with Gasteiger partial charge >= 0.3 is 0 Å². The number of nitrogens with one attached hydrogen (secondary N) is 2. The van der Waals surface area contributed by atoms with Crippen LogP contribution in [0, 0.1) is 5.82 Å². The fourth-order valence-corrected chi connectivity index (χ4v) is 3.53. The predicted octanol–water partition coefficient (Wildman–Crippen LogP) is 6.38. The largest absolute Gasteiger partial charge is 0.465 e. The van der Waals surface area contributed by atoms with Gasteiger partial charge in [-0.2, -0.15) is 0 Å². The molecule has 184 valence electrons. The van der Waals surface area contributed by atoms with Crippen LogP contribution in [0.5, 0.6) is 0 Å². The quantitative estimate of drug-likeness (QED) is 0.211. The van der Waals surface area contributed by atoms with Crippen LogP contribution < -0.4 is 10.6 Å². The fraction of sp³-hybridized carbons (Fsp3) is 0. The van der Waals surface area contributed by atoms with Crippen molar-refractivity contribution in [2.75, 3.05) is 5.32 Å². The minimum absolute atomic E-state index is 0.0337. The van der Waals surface area contributed by atoms with Gasteiger partial charge in [0.1, 0.15) is 17.3 Å². The van der Waals surface area contributed by atoms with Crippen LogP contribution in [0.2, 0.25) is 5.02 Å². The average Bonchev–Trinajstić information content (AvgIpc) is 3.42. The molecule has 0 aliphatic rings. The third-order valence-electron chi connectivity index (χ3n) is 5.19. The summed E-state index contributed by atoms with van der Waals surface area (Å²) >= 11 is 5.99. The maximum Gasteiger partial charge on any atom is 0.272 e. The van der Waals surface area contributed by atoms with Crippen molar-refractivity contribution in [2.24, 2.45) is 0 Å². The van der Waals surface area contributed by atoms with E-state index in [9.17, 15) is 18.8 Å². The van der Waals surface area contributed by atoms with E-state index in [1.165, 1.54) is 54.8 Å². The summed E-state index contributed by atoms with van der Waals surface area (Å²) in [6, 6.07) is 22.1. The Hall–Kier alpha value is -4.75. The molecule has 0 spiro atoms. The average molecular weight is 515 g/mol. The number of rotatable bonds is 8. The number of allylic oxidation sites excluding steroid dienone is 1. The lowest BCUT2D eigenvalue weighted by Gasteiger charge is -2.11. The number of anilines is 1. The molecule has 0 atom stereocenters. The molecule has 0 bridgehead atoms. The normalized spacial score (nSPS) is 11.4. The number of halogens is 2. The van der Waals surface area contributed by atoms with E-state index in [4.69, 9.17) is 16.0 Å². The maximum absolute atomic E-state index is 13.9. The number of furan rings is 1. The summed E-state index contributed by atoms with van der Waals surface area (Å²) in [5.74, 6) is -1.58. The van der Waals surface area contributed by atoms with Crippen molar-refractivity contribution in [3.63, 3.8) is 0 Å². The molecule has 0 aliphatic carbocycles. The van der Waals surface area contributed by atoms with Gasteiger partial charge in [0.2, 0.25) is 0 Å². The Kier molecular flexibility index (Phi) is 8.08. The topological polar surface area (TPSA) is 88.4 Å². The minimum atomic E-state index is -0.589. The molecule has 0 saturated heterocycles. The van der Waals surface area contributed by atoms with E-state index in [0.717, 1.165) is 0 Å². The molecule has 0 saturated carbocycles. The van der Waals surface area contributed by atoms with Crippen LogP contribution in [0.3, 0.4) is 0 Å². The summed E-state index contributed by atoms with van der Waals surface area (Å²) in [5, 5.41) is 5.49. The lowest BCUT2D eigenvalue weighted by Crippen LogP contribution is -2.30. The second-order valence-electron chi connectivity index (χ2n) is 7.76. The van der Waals surface area contributed by atoms with Crippen LogP contribution in [0.4, 0.5) is 10.1 Å². The molecule has 0 unspecified atom stereocenters. The molecule has 37 heavy (non-hydrogen) atoms. The first-order valence-electron chi connectivity index (χ1n) is 11.1. The van der Waals surface area contributed by atoms with Gasteiger partial charge in [-0.1, -0.05) is 35.9 Å². The van der Waals surface area contributed by atoms with Crippen molar-refractivity contribution in [3.05, 3.63) is 136 Å². The Morgan fingerprint density at radius 2 is 1.59 bits per heavy atom. The first-order chi connectivity index (χ1) is 17.9. The summed E-state index contributed by atoms with van der Waals surface area (Å²) in [6.07, 6.45) is 5.40. The second kappa shape index (κ2) is 11.8. The van der Waals surface area contributed by atoms with E-state index in [2.05, 4.69) is 10.6 Å². The van der Waals surface area contributed by atoms with Gasteiger partial charge in [-0.15, -0.1) is 0 Å². The summed E-state index contributed by atoms with van der Waals surface area (Å²) < 4.78 is 19.2. The van der Waals surface area contributed by atoms with Gasteiger partial charge < -0.3 is 15.1 Å². The zero-order chi connectivity index (χ0) is 26.2. The van der Waals surface area contributed by atoms with Crippen molar-refractivity contribution in [1.29, 1.82) is 0 Å². The van der Waals surface area contributed by atoms with Crippen LogP contribution >= 0.6 is 11.6 Å². The van der Waals surface area contributed by atoms with E-state index < -0.39 is 17.6 Å². The van der Waals surface area contributed by atoms with Crippen LogP contribution in [0.1, 0.15) is 32.0 Å². The van der Waals surface area contributed by atoms with Gasteiger partial charge in [0.25, 0.3) is 11.8 Å². The van der Waals surface area contributed by atoms with Crippen LogP contribution in [0.15, 0.2) is 107 Å². The lowest BCUT2D eigenvalue weighted by atomic mass is 10.1. The number of carbonyl (C=O) groups excluding carboxylic acids is 3. The van der Waals surface area contributed by atoms with Crippen molar-refractivity contribution >= 4 is 47.0 Å². The van der Waals surface area contributed by atoms with Crippen molar-refractivity contribution in [2.45, 2.75) is 0 Å². The predicted molar refractivity (Wildman–Crippen MR) is 140 cm³/mol. The highest BCUT2D eigenvalue weighted by molar-refractivity contribution is 6.32. The molecule has 2 amide bonds. The molecule has 1 aromatic heterocycles. The molecule has 4 rings (SSSR count). The van der Waals surface area contributed by atoms with E-state index in [0.29, 0.717) is 22.6 Å². The fourth-order valence-electron chi connectivity index (χ4n) is 3.30. The van der Waals surface area contributed by atoms with Crippen LogP contribution in [-0.2, 0) is 4.79 Å². The molecular weight excluding hydrogens is 495 g/mol. The molecule has 0 aliphatic heterocycles. The zero-order valence-corrected chi connectivity index (χ0v) is 20.0. The molecule has 6 nitrogen and oxygen atoms in total. The summed E-state index contributed by atoms with van der Waals surface area (Å²) in [7, 11) is 0. The molecule has 8 heteroatoms. The van der Waals surface area contributed by atoms with Crippen molar-refractivity contribution < 1.29 is 23.2 Å². The van der Waals surface area contributed by atoms with Crippen molar-refractivity contribution in [3.8, 4) is 0 Å². The van der Waals surface area contributed by atoms with Gasteiger partial charge in [-0.05, 0) is 72.8 Å². The summed E-state index contributed by atoms with van der Waals surface area (Å²) in [4.78, 5) is 38.1. The van der Waals surface area contributed by atoms with Crippen LogP contribution in [-0.4, -0.2) is 17.6 Å². The van der Waals surface area contributed by atoms with Gasteiger partial charge in [-0.25, -0.2) is 4.39 Å². The Morgan fingerprint density at radius 3 is 2.27 bits per heavy atom. The molecule has 4 aromatic rings. The van der Waals surface area contributed by atoms with E-state index >= 15 is 0 Å². The third-order valence-corrected chi connectivity index (χ3v) is 5.52. The number of carbonyl (C=O) groups is 3. The lowest BCUT2D eigenvalue weighted by molar-refractivity contribution is -0.113. The molecule has 2 N–H and O–H groups in total. The molecular formula is C29H20ClFN2O4. The number of hydrogen-bond acceptors (Lipinski definition) is 4. The van der Waals surface area contributed by atoms with E-state index in [1.807, 2.05) is 0 Å². The molecule has 3 aromatic carbocycles. The Morgan fingerprint density at radius 1 is 0.838 bits per heavy atom. The monoisotopic (exact) mass is 514 g/mol. The standard InChI is InChI=1S/C29H20ClFN2O4/c30-24-9-4-10-25(31)23(24)15-16-27(34)19-11-13-21(14-12-19)32-29(36)26(18-22-8-5-17-37-22)33-28(35)20-6-2-1-3-7-20/h1-18H,(H,32,36)(H,33,35)/b16-15+,26-18-. The Bertz CT molecular complexity index is 1460. The first-order valence-corrected chi connectivity index (χ1v) is 11.5. The van der Waals surface area contributed by atoms with Gasteiger partial charge in [0, 0.05) is 28.5 Å². The Labute approximate surface area is 217 Å². The number of benzene rings is 3. The summed E-state index contributed by atoms with van der Waals surface area (Å²) in [5.41, 5.74) is 1.18. The third kappa shape index (κ3) is 6.68.